The van der Waals surface area contributed by atoms with Gasteiger partial charge >= 0.3 is 0 Å². The third-order valence-electron chi connectivity index (χ3n) is 3.79. The molecule has 23 heavy (non-hydrogen) atoms. The minimum Gasteiger partial charge on any atom is -0.354 e. The van der Waals surface area contributed by atoms with Gasteiger partial charge in [-0.25, -0.2) is 4.99 Å². The van der Waals surface area contributed by atoms with Gasteiger partial charge in [0, 0.05) is 29.9 Å². The van der Waals surface area contributed by atoms with Crippen LogP contribution in [0.5, 0.6) is 0 Å². The molecular weight excluding hydrogens is 423 g/mol. The maximum Gasteiger partial charge on any atom is 0.243 e. The van der Waals surface area contributed by atoms with Crippen LogP contribution in [0, 0.1) is 6.92 Å². The van der Waals surface area contributed by atoms with Crippen LogP contribution < -0.4 is 10.6 Å². The second kappa shape index (κ2) is 10.1. The molecule has 0 spiro atoms. The highest BCUT2D eigenvalue weighted by Gasteiger charge is 2.16. The van der Waals surface area contributed by atoms with E-state index in [0.717, 1.165) is 12.5 Å². The van der Waals surface area contributed by atoms with Gasteiger partial charge in [-0.15, -0.1) is 35.3 Å². The lowest BCUT2D eigenvalue weighted by Gasteiger charge is -2.17. The lowest BCUT2D eigenvalue weighted by molar-refractivity contribution is -0.127. The lowest BCUT2D eigenvalue weighted by atomic mass is 10.2. The van der Waals surface area contributed by atoms with Crippen molar-refractivity contribution >= 4 is 47.2 Å². The SMILES string of the molecule is Cc1ccc(CNC(=NCC(=O)N(C)C)NC2CCCC2)s1.I. The number of nitrogens with zero attached hydrogens (tertiary/aromatic N) is 2. The fourth-order valence-corrected chi connectivity index (χ4v) is 3.29. The summed E-state index contributed by atoms with van der Waals surface area (Å²) in [6.45, 7) is 3.03. The van der Waals surface area contributed by atoms with Crippen molar-refractivity contribution in [2.45, 2.75) is 45.2 Å². The molecule has 2 rings (SSSR count). The Hall–Kier alpha value is -0.830. The normalized spacial score (nSPS) is 15.2. The monoisotopic (exact) mass is 450 g/mol. The number of thiophene rings is 1. The fourth-order valence-electron chi connectivity index (χ4n) is 2.46. The molecule has 2 N–H and O–H groups in total. The number of carbonyl (C=O) groups excluding carboxylic acids is 1. The van der Waals surface area contributed by atoms with Crippen molar-refractivity contribution in [3.63, 3.8) is 0 Å². The summed E-state index contributed by atoms with van der Waals surface area (Å²) < 4.78 is 0. The molecule has 1 saturated carbocycles. The number of likely N-dealkylation sites (N-methyl/N-ethyl adjacent to an activating group) is 1. The summed E-state index contributed by atoms with van der Waals surface area (Å²) in [5, 5.41) is 6.81. The van der Waals surface area contributed by atoms with E-state index in [-0.39, 0.29) is 36.4 Å². The number of carbonyl (C=O) groups is 1. The van der Waals surface area contributed by atoms with E-state index in [0.29, 0.717) is 6.04 Å². The molecule has 5 nitrogen and oxygen atoms in total. The number of nitrogens with one attached hydrogen (secondary N) is 2. The summed E-state index contributed by atoms with van der Waals surface area (Å²) >= 11 is 1.78. The van der Waals surface area contributed by atoms with E-state index in [1.165, 1.54) is 35.4 Å². The number of rotatable bonds is 5. The first-order chi connectivity index (χ1) is 10.5. The largest absolute Gasteiger partial charge is 0.354 e. The van der Waals surface area contributed by atoms with Gasteiger partial charge in [-0.2, -0.15) is 0 Å². The van der Waals surface area contributed by atoms with E-state index in [1.807, 2.05) is 0 Å². The molecule has 0 radical (unpaired) electrons. The van der Waals surface area contributed by atoms with Crippen molar-refractivity contribution in [1.82, 2.24) is 15.5 Å². The maximum absolute atomic E-state index is 11.7. The molecule has 1 amide bonds. The summed E-state index contributed by atoms with van der Waals surface area (Å²) in [5.41, 5.74) is 0. The third kappa shape index (κ3) is 7.07. The molecule has 0 atom stereocenters. The van der Waals surface area contributed by atoms with Gasteiger partial charge in [-0.3, -0.25) is 4.79 Å². The van der Waals surface area contributed by atoms with Crippen LogP contribution in [0.2, 0.25) is 0 Å². The fraction of sp³-hybridized carbons (Fsp3) is 0.625. The minimum atomic E-state index is 0. The van der Waals surface area contributed by atoms with Gasteiger partial charge in [-0.1, -0.05) is 12.8 Å². The first-order valence-corrected chi connectivity index (χ1v) is 8.66. The Morgan fingerprint density at radius 3 is 2.61 bits per heavy atom. The predicted molar refractivity (Wildman–Crippen MR) is 108 cm³/mol. The van der Waals surface area contributed by atoms with Crippen molar-refractivity contribution in [3.05, 3.63) is 21.9 Å². The van der Waals surface area contributed by atoms with E-state index in [2.05, 4.69) is 34.7 Å². The van der Waals surface area contributed by atoms with Gasteiger partial charge in [0.05, 0.1) is 6.54 Å². The number of hydrogen-bond donors (Lipinski definition) is 2. The average molecular weight is 450 g/mol. The zero-order valence-electron chi connectivity index (χ0n) is 14.1. The number of aryl methyl sites for hydroxylation is 1. The molecule has 1 aromatic rings. The summed E-state index contributed by atoms with van der Waals surface area (Å²) in [7, 11) is 3.51. The molecule has 0 aromatic carbocycles. The Labute approximate surface area is 160 Å². The van der Waals surface area contributed by atoms with Gasteiger partial charge in [0.25, 0.3) is 0 Å². The van der Waals surface area contributed by atoms with Gasteiger partial charge in [-0.05, 0) is 31.9 Å². The lowest BCUT2D eigenvalue weighted by Crippen LogP contribution is -2.42. The standard InChI is InChI=1S/C16H26N4OS.HI/c1-12-8-9-14(22-12)10-17-16(18-11-15(21)20(2)3)19-13-6-4-5-7-13;/h8-9,13H,4-7,10-11H2,1-3H3,(H2,17,18,19);1H. The Kier molecular flexibility index (Phi) is 8.90. The van der Waals surface area contributed by atoms with E-state index in [9.17, 15) is 4.79 Å². The number of guanidine groups is 1. The van der Waals surface area contributed by atoms with Crippen LogP contribution in [0.15, 0.2) is 17.1 Å². The van der Waals surface area contributed by atoms with Crippen molar-refractivity contribution in [2.24, 2.45) is 4.99 Å². The van der Waals surface area contributed by atoms with Crippen LogP contribution in [0.3, 0.4) is 0 Å². The van der Waals surface area contributed by atoms with Crippen LogP contribution in [-0.4, -0.2) is 43.4 Å². The summed E-state index contributed by atoms with van der Waals surface area (Å²) in [6.07, 6.45) is 4.90. The average Bonchev–Trinajstić information content (AvgIpc) is 3.13. The molecule has 130 valence electrons. The second-order valence-electron chi connectivity index (χ2n) is 5.94. The van der Waals surface area contributed by atoms with Crippen LogP contribution in [-0.2, 0) is 11.3 Å². The van der Waals surface area contributed by atoms with E-state index < -0.39 is 0 Å². The quantitative estimate of drug-likeness (QED) is 0.412. The Morgan fingerprint density at radius 1 is 1.35 bits per heavy atom. The predicted octanol–water partition coefficient (Wildman–Crippen LogP) is 2.74. The summed E-state index contributed by atoms with van der Waals surface area (Å²) in [4.78, 5) is 20.3. The molecule has 1 fully saturated rings. The second-order valence-corrected chi connectivity index (χ2v) is 7.32. The minimum absolute atomic E-state index is 0. The highest BCUT2D eigenvalue weighted by atomic mass is 127. The Balaban J connectivity index is 0.00000264. The van der Waals surface area contributed by atoms with Crippen LogP contribution in [0.4, 0.5) is 0 Å². The smallest absolute Gasteiger partial charge is 0.243 e. The van der Waals surface area contributed by atoms with E-state index >= 15 is 0 Å². The molecule has 0 unspecified atom stereocenters. The molecule has 1 aromatic heterocycles. The van der Waals surface area contributed by atoms with Crippen LogP contribution in [0.1, 0.15) is 35.4 Å². The molecule has 1 heterocycles. The van der Waals surface area contributed by atoms with Crippen molar-refractivity contribution in [3.8, 4) is 0 Å². The number of hydrogen-bond acceptors (Lipinski definition) is 3. The third-order valence-corrected chi connectivity index (χ3v) is 4.79. The number of amides is 1. The molecule has 7 heteroatoms. The topological polar surface area (TPSA) is 56.7 Å². The van der Waals surface area contributed by atoms with Gasteiger partial charge < -0.3 is 15.5 Å². The molecular formula is C16H27IN4OS. The van der Waals surface area contributed by atoms with Crippen molar-refractivity contribution in [1.29, 1.82) is 0 Å². The van der Waals surface area contributed by atoms with Crippen molar-refractivity contribution in [2.75, 3.05) is 20.6 Å². The first kappa shape index (κ1) is 20.2. The first-order valence-electron chi connectivity index (χ1n) is 7.85. The molecule has 0 aliphatic heterocycles. The molecule has 0 bridgehead atoms. The van der Waals surface area contributed by atoms with Gasteiger partial charge in [0.1, 0.15) is 6.54 Å². The highest BCUT2D eigenvalue weighted by molar-refractivity contribution is 14.0. The zero-order chi connectivity index (χ0) is 15.9. The zero-order valence-corrected chi connectivity index (χ0v) is 17.2. The highest BCUT2D eigenvalue weighted by Crippen LogP contribution is 2.18. The number of aliphatic imine (C=N–C) groups is 1. The molecule has 1 aliphatic rings. The number of halogens is 1. The van der Waals surface area contributed by atoms with E-state index in [1.54, 1.807) is 30.3 Å². The van der Waals surface area contributed by atoms with Crippen molar-refractivity contribution < 1.29 is 4.79 Å². The summed E-state index contributed by atoms with van der Waals surface area (Å²) in [6, 6.07) is 4.73. The maximum atomic E-state index is 11.7. The van der Waals surface area contributed by atoms with Crippen LogP contribution >= 0.6 is 35.3 Å². The van der Waals surface area contributed by atoms with Gasteiger partial charge in [0.2, 0.25) is 5.91 Å². The van der Waals surface area contributed by atoms with Crippen LogP contribution in [0.25, 0.3) is 0 Å². The van der Waals surface area contributed by atoms with E-state index in [4.69, 9.17) is 0 Å². The van der Waals surface area contributed by atoms with Gasteiger partial charge in [0.15, 0.2) is 5.96 Å². The molecule has 0 saturated heterocycles. The Morgan fingerprint density at radius 2 is 2.04 bits per heavy atom. The Bertz CT molecular complexity index is 524. The molecule has 1 aliphatic carbocycles. The summed E-state index contributed by atoms with van der Waals surface area (Å²) in [5.74, 6) is 0.757.